The van der Waals surface area contributed by atoms with Crippen molar-refractivity contribution >= 4 is 17.3 Å². The molecule has 0 amide bonds. The number of guanidine groups is 1. The minimum atomic E-state index is 0.435. The van der Waals surface area contributed by atoms with Gasteiger partial charge in [-0.1, -0.05) is 38.1 Å². The fourth-order valence-electron chi connectivity index (χ4n) is 2.91. The van der Waals surface area contributed by atoms with Crippen molar-refractivity contribution in [2.24, 2.45) is 10.7 Å². The van der Waals surface area contributed by atoms with Crippen LogP contribution in [0.2, 0.25) is 0 Å². The monoisotopic (exact) mass is 336 g/mol. The Morgan fingerprint density at radius 2 is 1.84 bits per heavy atom. The van der Waals surface area contributed by atoms with Crippen LogP contribution in [0.4, 0.5) is 5.69 Å². The molecule has 2 aromatic heterocycles. The van der Waals surface area contributed by atoms with E-state index in [2.05, 4.69) is 52.6 Å². The number of benzene rings is 1. The van der Waals surface area contributed by atoms with Gasteiger partial charge in [-0.15, -0.1) is 10.2 Å². The van der Waals surface area contributed by atoms with E-state index in [1.807, 2.05) is 28.8 Å². The van der Waals surface area contributed by atoms with E-state index in [9.17, 15) is 0 Å². The molecule has 0 saturated carbocycles. The number of nitrogens with zero attached hydrogens (tertiary/aromatic N) is 4. The molecule has 1 aromatic carbocycles. The van der Waals surface area contributed by atoms with E-state index in [4.69, 9.17) is 5.73 Å². The molecule has 0 radical (unpaired) electrons. The summed E-state index contributed by atoms with van der Waals surface area (Å²) in [7, 11) is 0. The molecular weight excluding hydrogens is 312 g/mol. The summed E-state index contributed by atoms with van der Waals surface area (Å²) in [5, 5.41) is 11.6. The fraction of sp³-hybridized carbons (Fsp3) is 0.316. The minimum Gasteiger partial charge on any atom is -0.370 e. The molecule has 130 valence electrons. The standard InChI is InChI=1S/C19H24N6/c1-3-14-8-7-9-15(4-2)18(14)22-19(20)21-12-11-17-24-23-16-10-5-6-13-25(16)17/h5-10,13H,3-4,11-12H2,1-2H3,(H3,20,21,22). The highest BCUT2D eigenvalue weighted by Crippen LogP contribution is 2.22. The lowest BCUT2D eigenvalue weighted by Crippen LogP contribution is -2.24. The normalized spacial score (nSPS) is 11.8. The Bertz CT molecular complexity index is 858. The Labute approximate surface area is 147 Å². The van der Waals surface area contributed by atoms with E-state index in [0.717, 1.165) is 30.0 Å². The van der Waals surface area contributed by atoms with Gasteiger partial charge >= 0.3 is 0 Å². The number of pyridine rings is 1. The van der Waals surface area contributed by atoms with Gasteiger partial charge in [0.1, 0.15) is 5.82 Å². The quantitative estimate of drug-likeness (QED) is 0.536. The summed E-state index contributed by atoms with van der Waals surface area (Å²) in [6.45, 7) is 4.84. The maximum absolute atomic E-state index is 6.10. The Morgan fingerprint density at radius 1 is 1.08 bits per heavy atom. The predicted octanol–water partition coefficient (Wildman–Crippen LogP) is 2.82. The third-order valence-electron chi connectivity index (χ3n) is 4.25. The van der Waals surface area contributed by atoms with Gasteiger partial charge in [-0.3, -0.25) is 9.39 Å². The summed E-state index contributed by atoms with van der Waals surface area (Å²) in [5.74, 6) is 1.32. The predicted molar refractivity (Wildman–Crippen MR) is 102 cm³/mol. The second-order valence-electron chi connectivity index (χ2n) is 5.85. The first-order valence-electron chi connectivity index (χ1n) is 8.69. The number of fused-ring (bicyclic) bond motifs is 1. The number of aryl methyl sites for hydroxylation is 2. The summed E-state index contributed by atoms with van der Waals surface area (Å²) in [6, 6.07) is 12.2. The first-order chi connectivity index (χ1) is 12.2. The SMILES string of the molecule is CCc1cccc(CC)c1NC(N)=NCCc1nnc2ccccn12. The number of anilines is 1. The average molecular weight is 336 g/mol. The highest BCUT2D eigenvalue weighted by molar-refractivity contribution is 5.93. The van der Waals surface area contributed by atoms with Gasteiger partial charge < -0.3 is 11.1 Å². The lowest BCUT2D eigenvalue weighted by atomic mass is 10.0. The molecule has 0 aliphatic heterocycles. The Morgan fingerprint density at radius 3 is 2.56 bits per heavy atom. The number of para-hydroxylation sites is 1. The Hall–Kier alpha value is -2.89. The molecule has 0 fully saturated rings. The summed E-state index contributed by atoms with van der Waals surface area (Å²) in [5.41, 5.74) is 10.5. The molecule has 3 N–H and O–H groups in total. The zero-order valence-electron chi connectivity index (χ0n) is 14.7. The topological polar surface area (TPSA) is 80.6 Å². The zero-order chi connectivity index (χ0) is 17.6. The average Bonchev–Trinajstić information content (AvgIpc) is 3.05. The highest BCUT2D eigenvalue weighted by Gasteiger charge is 2.07. The molecular formula is C19H24N6. The van der Waals surface area contributed by atoms with Crippen molar-refractivity contribution in [2.45, 2.75) is 33.1 Å². The number of hydrogen-bond donors (Lipinski definition) is 2. The van der Waals surface area contributed by atoms with Crippen LogP contribution in [0.25, 0.3) is 5.65 Å². The summed E-state index contributed by atoms with van der Waals surface area (Å²) >= 11 is 0. The van der Waals surface area contributed by atoms with Gasteiger partial charge in [-0.25, -0.2) is 0 Å². The summed E-state index contributed by atoms with van der Waals surface area (Å²) in [6.07, 6.45) is 4.55. The summed E-state index contributed by atoms with van der Waals surface area (Å²) in [4.78, 5) is 4.45. The van der Waals surface area contributed by atoms with Gasteiger partial charge in [-0.05, 0) is 36.1 Å². The second-order valence-corrected chi connectivity index (χ2v) is 5.85. The number of aliphatic imine (C=N–C) groups is 1. The lowest BCUT2D eigenvalue weighted by molar-refractivity contribution is 0.847. The van der Waals surface area contributed by atoms with E-state index in [-0.39, 0.29) is 0 Å². The van der Waals surface area contributed by atoms with Crippen LogP contribution in [-0.2, 0) is 19.3 Å². The van der Waals surface area contributed by atoms with Crippen LogP contribution in [-0.4, -0.2) is 27.1 Å². The molecule has 3 rings (SSSR count). The third-order valence-corrected chi connectivity index (χ3v) is 4.25. The molecule has 3 aromatic rings. The Kier molecular flexibility index (Phi) is 5.28. The van der Waals surface area contributed by atoms with Crippen molar-refractivity contribution in [3.63, 3.8) is 0 Å². The van der Waals surface area contributed by atoms with Crippen LogP contribution < -0.4 is 11.1 Å². The van der Waals surface area contributed by atoms with E-state index in [1.165, 1.54) is 11.1 Å². The van der Waals surface area contributed by atoms with Crippen LogP contribution in [0.15, 0.2) is 47.6 Å². The van der Waals surface area contributed by atoms with Crippen molar-refractivity contribution in [2.75, 3.05) is 11.9 Å². The fourth-order valence-corrected chi connectivity index (χ4v) is 2.91. The first-order valence-corrected chi connectivity index (χ1v) is 8.69. The molecule has 0 unspecified atom stereocenters. The maximum Gasteiger partial charge on any atom is 0.193 e. The van der Waals surface area contributed by atoms with Gasteiger partial charge in [0.2, 0.25) is 0 Å². The summed E-state index contributed by atoms with van der Waals surface area (Å²) < 4.78 is 1.97. The molecule has 2 heterocycles. The van der Waals surface area contributed by atoms with E-state index in [0.29, 0.717) is 18.9 Å². The number of hydrogen-bond acceptors (Lipinski definition) is 3. The highest BCUT2D eigenvalue weighted by atomic mass is 15.2. The molecule has 6 nitrogen and oxygen atoms in total. The molecule has 0 aliphatic carbocycles. The number of aromatic nitrogens is 3. The molecule has 6 heteroatoms. The second kappa shape index (κ2) is 7.79. The van der Waals surface area contributed by atoms with Crippen molar-refractivity contribution in [1.29, 1.82) is 0 Å². The molecule has 0 aliphatic rings. The van der Waals surface area contributed by atoms with Crippen LogP contribution in [0.3, 0.4) is 0 Å². The van der Waals surface area contributed by atoms with Crippen LogP contribution in [0, 0.1) is 0 Å². The van der Waals surface area contributed by atoms with E-state index >= 15 is 0 Å². The first kappa shape index (κ1) is 17.0. The molecule has 25 heavy (non-hydrogen) atoms. The van der Waals surface area contributed by atoms with Crippen LogP contribution >= 0.6 is 0 Å². The number of rotatable bonds is 6. The minimum absolute atomic E-state index is 0.435. The Balaban J connectivity index is 1.69. The zero-order valence-corrected chi connectivity index (χ0v) is 14.7. The van der Waals surface area contributed by atoms with Gasteiger partial charge in [0.15, 0.2) is 11.6 Å². The van der Waals surface area contributed by atoms with E-state index < -0.39 is 0 Å². The molecule has 0 bridgehead atoms. The third kappa shape index (κ3) is 3.79. The largest absolute Gasteiger partial charge is 0.370 e. The van der Waals surface area contributed by atoms with Gasteiger partial charge in [-0.2, -0.15) is 0 Å². The van der Waals surface area contributed by atoms with Crippen molar-refractivity contribution in [3.8, 4) is 0 Å². The molecule has 0 atom stereocenters. The number of nitrogens with two attached hydrogens (primary N) is 1. The smallest absolute Gasteiger partial charge is 0.193 e. The van der Waals surface area contributed by atoms with Crippen LogP contribution in [0.5, 0.6) is 0 Å². The van der Waals surface area contributed by atoms with Gasteiger partial charge in [0.05, 0.1) is 0 Å². The lowest BCUT2D eigenvalue weighted by Gasteiger charge is -2.14. The van der Waals surface area contributed by atoms with Crippen molar-refractivity contribution in [1.82, 2.24) is 14.6 Å². The van der Waals surface area contributed by atoms with Crippen molar-refractivity contribution in [3.05, 3.63) is 59.5 Å². The molecule has 0 spiro atoms. The molecule has 0 saturated heterocycles. The number of nitrogens with one attached hydrogen (secondary N) is 1. The van der Waals surface area contributed by atoms with E-state index in [1.54, 1.807) is 0 Å². The van der Waals surface area contributed by atoms with Gasteiger partial charge in [0.25, 0.3) is 0 Å². The van der Waals surface area contributed by atoms with Crippen LogP contribution in [0.1, 0.15) is 30.8 Å². The van der Waals surface area contributed by atoms with Crippen molar-refractivity contribution < 1.29 is 0 Å². The van der Waals surface area contributed by atoms with Gasteiger partial charge in [0, 0.05) is 24.8 Å². The maximum atomic E-state index is 6.10.